The number of rotatable bonds is 3. The van der Waals surface area contributed by atoms with Gasteiger partial charge in [0.2, 0.25) is 0 Å². The van der Waals surface area contributed by atoms with E-state index in [0.717, 1.165) is 55.0 Å². The summed E-state index contributed by atoms with van der Waals surface area (Å²) in [5.41, 5.74) is 4.79. The highest BCUT2D eigenvalue weighted by molar-refractivity contribution is 5.74. The van der Waals surface area contributed by atoms with E-state index in [1.807, 2.05) is 30.5 Å². The van der Waals surface area contributed by atoms with E-state index in [2.05, 4.69) is 24.8 Å². The third kappa shape index (κ3) is 3.66. The van der Waals surface area contributed by atoms with Crippen LogP contribution in [0, 0.1) is 18.3 Å². The molecular weight excluding hydrogens is 340 g/mol. The Kier molecular flexibility index (Phi) is 4.57. The summed E-state index contributed by atoms with van der Waals surface area (Å²) in [6.45, 7) is 6.27. The average molecular weight is 360 g/mol. The molecule has 136 valence electrons. The first-order valence-corrected chi connectivity index (χ1v) is 8.94. The summed E-state index contributed by atoms with van der Waals surface area (Å²) >= 11 is 0. The van der Waals surface area contributed by atoms with Gasteiger partial charge in [-0.3, -0.25) is 14.7 Å². The second kappa shape index (κ2) is 7.17. The minimum atomic E-state index is -0.0638. The molecule has 0 saturated carbocycles. The maximum Gasteiger partial charge on any atom is 0.251 e. The van der Waals surface area contributed by atoms with Crippen molar-refractivity contribution >= 4 is 16.7 Å². The molecule has 1 fully saturated rings. The van der Waals surface area contributed by atoms with Gasteiger partial charge in [0, 0.05) is 44.5 Å². The number of hydrogen-bond donors (Lipinski definition) is 1. The number of H-pyrrole nitrogens is 1. The first-order valence-electron chi connectivity index (χ1n) is 8.94. The van der Waals surface area contributed by atoms with Gasteiger partial charge >= 0.3 is 0 Å². The number of nitriles is 1. The zero-order valence-corrected chi connectivity index (χ0v) is 15.1. The Morgan fingerprint density at radius 3 is 2.67 bits per heavy atom. The van der Waals surface area contributed by atoms with Crippen LogP contribution in [0.2, 0.25) is 0 Å². The summed E-state index contributed by atoms with van der Waals surface area (Å²) in [5.74, 6) is 0. The number of nitrogens with one attached hydrogen (secondary N) is 1. The van der Waals surface area contributed by atoms with Crippen LogP contribution in [0.4, 0.5) is 5.69 Å². The Hall–Kier alpha value is -3.24. The van der Waals surface area contributed by atoms with Crippen LogP contribution in [-0.4, -0.2) is 46.0 Å². The fourth-order valence-electron chi connectivity index (χ4n) is 3.37. The van der Waals surface area contributed by atoms with Gasteiger partial charge in [0.15, 0.2) is 0 Å². The molecule has 1 aliphatic heterocycles. The monoisotopic (exact) mass is 360 g/mol. The van der Waals surface area contributed by atoms with Crippen molar-refractivity contribution in [3.8, 4) is 6.07 Å². The lowest BCUT2D eigenvalue weighted by Gasteiger charge is -2.35. The molecule has 3 aromatic rings. The summed E-state index contributed by atoms with van der Waals surface area (Å²) in [6.07, 6.45) is 3.65. The van der Waals surface area contributed by atoms with Crippen molar-refractivity contribution in [3.63, 3.8) is 0 Å². The van der Waals surface area contributed by atoms with Gasteiger partial charge < -0.3 is 9.88 Å². The van der Waals surface area contributed by atoms with Crippen molar-refractivity contribution in [1.82, 2.24) is 19.9 Å². The zero-order chi connectivity index (χ0) is 18.8. The normalized spacial score (nSPS) is 15.0. The Labute approximate surface area is 156 Å². The number of nitrogens with zero attached hydrogens (tertiary/aromatic N) is 5. The predicted molar refractivity (Wildman–Crippen MR) is 104 cm³/mol. The second-order valence-corrected chi connectivity index (χ2v) is 6.83. The predicted octanol–water partition coefficient (Wildman–Crippen LogP) is 1.82. The Morgan fingerprint density at radius 1 is 1.15 bits per heavy atom. The van der Waals surface area contributed by atoms with Gasteiger partial charge in [-0.15, -0.1) is 0 Å². The van der Waals surface area contributed by atoms with Crippen molar-refractivity contribution in [2.45, 2.75) is 13.5 Å². The van der Waals surface area contributed by atoms with E-state index >= 15 is 0 Å². The lowest BCUT2D eigenvalue weighted by molar-refractivity contribution is 0.249. The van der Waals surface area contributed by atoms with Crippen molar-refractivity contribution in [2.75, 3.05) is 31.1 Å². The highest BCUT2D eigenvalue weighted by Crippen LogP contribution is 2.17. The molecule has 27 heavy (non-hydrogen) atoms. The molecule has 0 atom stereocenters. The van der Waals surface area contributed by atoms with E-state index in [1.54, 1.807) is 19.2 Å². The molecule has 4 rings (SSSR count). The van der Waals surface area contributed by atoms with Crippen LogP contribution in [0.5, 0.6) is 0 Å². The van der Waals surface area contributed by atoms with Crippen molar-refractivity contribution in [3.05, 3.63) is 63.8 Å². The lowest BCUT2D eigenvalue weighted by Crippen LogP contribution is -2.46. The molecule has 0 spiro atoms. The van der Waals surface area contributed by atoms with Gasteiger partial charge in [-0.2, -0.15) is 5.26 Å². The zero-order valence-electron chi connectivity index (χ0n) is 15.1. The number of fused-ring (bicyclic) bond motifs is 1. The molecule has 1 saturated heterocycles. The topological polar surface area (TPSA) is 88.9 Å². The van der Waals surface area contributed by atoms with Gasteiger partial charge in [0.05, 0.1) is 22.9 Å². The minimum absolute atomic E-state index is 0.0638. The number of anilines is 1. The Morgan fingerprint density at radius 2 is 1.96 bits per heavy atom. The third-order valence-electron chi connectivity index (χ3n) is 4.94. The number of pyridine rings is 3. The molecule has 0 aliphatic carbocycles. The smallest absolute Gasteiger partial charge is 0.251 e. The number of aryl methyl sites for hydroxylation is 1. The van der Waals surface area contributed by atoms with Gasteiger partial charge in [0.25, 0.3) is 5.56 Å². The summed E-state index contributed by atoms with van der Waals surface area (Å²) in [7, 11) is 0. The largest absolute Gasteiger partial charge is 0.368 e. The van der Waals surface area contributed by atoms with Gasteiger partial charge in [-0.25, -0.2) is 4.98 Å². The molecule has 7 heteroatoms. The molecule has 0 amide bonds. The van der Waals surface area contributed by atoms with Gasteiger partial charge in [-0.05, 0) is 36.8 Å². The molecule has 3 aromatic heterocycles. The van der Waals surface area contributed by atoms with E-state index in [-0.39, 0.29) is 5.56 Å². The second-order valence-electron chi connectivity index (χ2n) is 6.83. The molecule has 0 unspecified atom stereocenters. The molecule has 0 aromatic carbocycles. The SMILES string of the molecule is Cc1cc2ncc(CN3CCN(c4ccc(C#N)nc4)CC3)cc2[nH]c1=O. The van der Waals surface area contributed by atoms with Gasteiger partial charge in [0.1, 0.15) is 11.8 Å². The molecule has 0 bridgehead atoms. The fraction of sp³-hybridized carbons (Fsp3) is 0.300. The minimum Gasteiger partial charge on any atom is -0.368 e. The third-order valence-corrected chi connectivity index (χ3v) is 4.94. The van der Waals surface area contributed by atoms with Crippen molar-refractivity contribution in [1.29, 1.82) is 5.26 Å². The molecule has 1 aliphatic rings. The molecule has 7 nitrogen and oxygen atoms in total. The van der Waals surface area contributed by atoms with Crippen LogP contribution in [0.1, 0.15) is 16.8 Å². The fourth-order valence-corrected chi connectivity index (χ4v) is 3.37. The van der Waals surface area contributed by atoms with Crippen LogP contribution in [0.25, 0.3) is 11.0 Å². The Balaban J connectivity index is 1.41. The average Bonchev–Trinajstić information content (AvgIpc) is 2.70. The standard InChI is InChI=1S/C20H20N6O/c1-14-8-18-19(24-20(14)27)9-15(11-23-18)13-25-4-6-26(7-5-25)17-3-2-16(10-21)22-12-17/h2-3,8-9,11-12H,4-7,13H2,1H3,(H,24,27). The molecular formula is C20H20N6O. The highest BCUT2D eigenvalue weighted by atomic mass is 16.1. The number of hydrogen-bond acceptors (Lipinski definition) is 6. The lowest BCUT2D eigenvalue weighted by atomic mass is 10.2. The molecule has 0 radical (unpaired) electrons. The molecule has 1 N–H and O–H groups in total. The van der Waals surface area contributed by atoms with E-state index in [4.69, 9.17) is 5.26 Å². The van der Waals surface area contributed by atoms with Crippen LogP contribution in [-0.2, 0) is 6.54 Å². The Bertz CT molecular complexity index is 1060. The number of aromatic nitrogens is 3. The quantitative estimate of drug-likeness (QED) is 0.766. The van der Waals surface area contributed by atoms with Crippen LogP contribution in [0.15, 0.2) is 41.5 Å². The van der Waals surface area contributed by atoms with Crippen LogP contribution < -0.4 is 10.5 Å². The maximum atomic E-state index is 11.8. The highest BCUT2D eigenvalue weighted by Gasteiger charge is 2.18. The van der Waals surface area contributed by atoms with E-state index in [9.17, 15) is 4.79 Å². The summed E-state index contributed by atoms with van der Waals surface area (Å²) in [4.78, 5) is 28.0. The summed E-state index contributed by atoms with van der Waals surface area (Å²) in [5, 5.41) is 8.85. The first-order chi connectivity index (χ1) is 13.1. The first kappa shape index (κ1) is 17.2. The van der Waals surface area contributed by atoms with E-state index < -0.39 is 0 Å². The molecule has 4 heterocycles. The van der Waals surface area contributed by atoms with Crippen LogP contribution >= 0.6 is 0 Å². The number of piperazine rings is 1. The van der Waals surface area contributed by atoms with E-state index in [1.165, 1.54) is 0 Å². The number of aromatic amines is 1. The summed E-state index contributed by atoms with van der Waals surface area (Å²) in [6, 6.07) is 9.59. The maximum absolute atomic E-state index is 11.8. The van der Waals surface area contributed by atoms with Crippen molar-refractivity contribution in [2.24, 2.45) is 0 Å². The van der Waals surface area contributed by atoms with Crippen LogP contribution in [0.3, 0.4) is 0 Å². The van der Waals surface area contributed by atoms with Crippen molar-refractivity contribution < 1.29 is 0 Å². The summed E-state index contributed by atoms with van der Waals surface area (Å²) < 4.78 is 0. The van der Waals surface area contributed by atoms with E-state index in [0.29, 0.717) is 11.3 Å². The van der Waals surface area contributed by atoms with Gasteiger partial charge in [-0.1, -0.05) is 0 Å².